The molecule has 0 saturated heterocycles. The molecule has 0 aliphatic carbocycles. The Kier molecular flexibility index (Phi) is 4.51. The maximum Gasteiger partial charge on any atom is 0.141 e. The molecule has 2 N–H and O–H groups in total. The van der Waals surface area contributed by atoms with Crippen molar-refractivity contribution >= 4 is 22.9 Å². The normalized spacial score (nSPS) is 16.5. The van der Waals surface area contributed by atoms with Gasteiger partial charge in [-0.15, -0.1) is 0 Å². The lowest BCUT2D eigenvalue weighted by molar-refractivity contribution is -0.112. The van der Waals surface area contributed by atoms with Crippen LogP contribution in [0.5, 0.6) is 5.75 Å². The molecule has 1 aromatic heterocycles. The van der Waals surface area contributed by atoms with E-state index in [2.05, 4.69) is 4.90 Å². The molecule has 1 aliphatic heterocycles. The van der Waals surface area contributed by atoms with Crippen LogP contribution in [0.15, 0.2) is 36.4 Å². The molecule has 2 aromatic carbocycles. The molecule has 1 atom stereocenters. The number of aldehydes is 1. The minimum absolute atomic E-state index is 0.180. The number of nitrogens with zero attached hydrogens (tertiary/aromatic N) is 2. The number of nitrogens with two attached hydrogens (primary N) is 1. The van der Waals surface area contributed by atoms with E-state index in [1.807, 2.05) is 32.0 Å². The largest absolute Gasteiger partial charge is 0.497 e. The highest BCUT2D eigenvalue weighted by Gasteiger charge is 2.35. The number of rotatable bonds is 4. The van der Waals surface area contributed by atoms with Crippen LogP contribution in [0.1, 0.15) is 31.1 Å². The van der Waals surface area contributed by atoms with Gasteiger partial charge in [-0.05, 0) is 31.5 Å². The number of methoxy groups -OCH3 is 1. The zero-order valence-electron chi connectivity index (χ0n) is 16.1. The van der Waals surface area contributed by atoms with Gasteiger partial charge in [-0.1, -0.05) is 18.2 Å². The van der Waals surface area contributed by atoms with Gasteiger partial charge in [-0.2, -0.15) is 0 Å². The molecule has 0 radical (unpaired) electrons. The number of hydrogen-bond acceptors (Lipinski definition) is 5. The number of halogens is 1. The third kappa shape index (κ3) is 2.81. The fourth-order valence-electron chi connectivity index (χ4n) is 3.98. The molecular weight excluding hydrogens is 357 g/mol. The Labute approximate surface area is 162 Å². The van der Waals surface area contributed by atoms with E-state index in [-0.39, 0.29) is 11.9 Å². The van der Waals surface area contributed by atoms with Gasteiger partial charge in [-0.25, -0.2) is 4.39 Å². The van der Waals surface area contributed by atoms with E-state index in [9.17, 15) is 9.18 Å². The summed E-state index contributed by atoms with van der Waals surface area (Å²) in [5.41, 5.74) is 10.8. The van der Waals surface area contributed by atoms with Gasteiger partial charge in [0, 0.05) is 40.9 Å². The van der Waals surface area contributed by atoms with Gasteiger partial charge in [0.15, 0.2) is 0 Å². The van der Waals surface area contributed by atoms with E-state index in [0.717, 1.165) is 28.5 Å². The first-order valence-corrected chi connectivity index (χ1v) is 9.21. The van der Waals surface area contributed by atoms with Gasteiger partial charge in [-0.3, -0.25) is 9.88 Å². The first kappa shape index (κ1) is 18.4. The Morgan fingerprint density at radius 1 is 1.32 bits per heavy atom. The van der Waals surface area contributed by atoms with Gasteiger partial charge in [0.05, 0.1) is 24.4 Å². The number of fused-ring (bicyclic) bond motifs is 2. The van der Waals surface area contributed by atoms with Crippen LogP contribution >= 0.6 is 0 Å². The number of carbonyl (C=O) groups excluding carboxylic acids is 1. The third-order valence-electron chi connectivity index (χ3n) is 5.37. The first-order valence-electron chi connectivity index (χ1n) is 9.21. The molecule has 4 rings (SSSR count). The van der Waals surface area contributed by atoms with Crippen molar-refractivity contribution < 1.29 is 13.9 Å². The second kappa shape index (κ2) is 6.87. The molecule has 1 aliphatic rings. The SMILES string of the molecule is COc1cc(F)cc(-c2cccc3c(N)c4c(nc23)CN(C(C)C)C4C=O)c1. The summed E-state index contributed by atoms with van der Waals surface area (Å²) in [6.45, 7) is 4.64. The Balaban J connectivity index is 1.97. The molecule has 0 bridgehead atoms. The average molecular weight is 379 g/mol. The first-order chi connectivity index (χ1) is 13.4. The Morgan fingerprint density at radius 3 is 2.79 bits per heavy atom. The lowest BCUT2D eigenvalue weighted by Gasteiger charge is -2.24. The maximum atomic E-state index is 14.1. The fourth-order valence-corrected chi connectivity index (χ4v) is 3.98. The minimum Gasteiger partial charge on any atom is -0.497 e. The van der Waals surface area contributed by atoms with Crippen molar-refractivity contribution in [3.05, 3.63) is 53.5 Å². The smallest absolute Gasteiger partial charge is 0.141 e. The van der Waals surface area contributed by atoms with Crippen LogP contribution in [0.25, 0.3) is 22.0 Å². The van der Waals surface area contributed by atoms with Crippen molar-refractivity contribution in [2.45, 2.75) is 32.5 Å². The molecule has 144 valence electrons. The maximum absolute atomic E-state index is 14.1. The van der Waals surface area contributed by atoms with Crippen molar-refractivity contribution in [3.63, 3.8) is 0 Å². The summed E-state index contributed by atoms with van der Waals surface area (Å²) in [6, 6.07) is 9.99. The second-order valence-corrected chi connectivity index (χ2v) is 7.31. The van der Waals surface area contributed by atoms with E-state index >= 15 is 0 Å². The van der Waals surface area contributed by atoms with Crippen LogP contribution in [0.2, 0.25) is 0 Å². The molecule has 0 spiro atoms. The number of anilines is 1. The van der Waals surface area contributed by atoms with E-state index in [4.69, 9.17) is 15.5 Å². The average Bonchev–Trinajstić information content (AvgIpc) is 3.06. The van der Waals surface area contributed by atoms with Gasteiger partial charge in [0.1, 0.15) is 17.9 Å². The summed E-state index contributed by atoms with van der Waals surface area (Å²) < 4.78 is 19.3. The Morgan fingerprint density at radius 2 is 2.11 bits per heavy atom. The second-order valence-electron chi connectivity index (χ2n) is 7.31. The highest BCUT2D eigenvalue weighted by atomic mass is 19.1. The molecule has 28 heavy (non-hydrogen) atoms. The van der Waals surface area contributed by atoms with Crippen molar-refractivity contribution in [2.75, 3.05) is 12.8 Å². The fraction of sp³-hybridized carbons (Fsp3) is 0.273. The van der Waals surface area contributed by atoms with Crippen LogP contribution in [0, 0.1) is 5.82 Å². The zero-order valence-corrected chi connectivity index (χ0v) is 16.1. The van der Waals surface area contributed by atoms with Crippen molar-refractivity contribution in [2.24, 2.45) is 0 Å². The standard InChI is InChI=1S/C22H22FN3O2/c1-12(2)26-10-18-20(19(26)11-27)21(24)17-6-4-5-16(22(17)25-18)13-7-14(23)9-15(8-13)28-3/h4-9,11-12,19H,10H2,1-3H3,(H2,24,25). The molecule has 3 aromatic rings. The van der Waals surface area contributed by atoms with Crippen LogP contribution in [0.4, 0.5) is 10.1 Å². The summed E-state index contributed by atoms with van der Waals surface area (Å²) in [5.74, 6) is 0.0561. The predicted octanol–water partition coefficient (Wildman–Crippen LogP) is 4.10. The molecule has 1 unspecified atom stereocenters. The summed E-state index contributed by atoms with van der Waals surface area (Å²) in [5, 5.41) is 0.761. The van der Waals surface area contributed by atoms with Crippen molar-refractivity contribution in [3.8, 4) is 16.9 Å². The summed E-state index contributed by atoms with van der Waals surface area (Å²) in [6.07, 6.45) is 0.928. The van der Waals surface area contributed by atoms with Crippen LogP contribution < -0.4 is 10.5 Å². The molecule has 0 fully saturated rings. The number of hydrogen-bond donors (Lipinski definition) is 1. The van der Waals surface area contributed by atoms with Gasteiger partial charge in [0.25, 0.3) is 0 Å². The Bertz CT molecular complexity index is 1080. The van der Waals surface area contributed by atoms with Gasteiger partial charge >= 0.3 is 0 Å². The number of nitrogen functional groups attached to an aromatic ring is 1. The molecule has 2 heterocycles. The quantitative estimate of drug-likeness (QED) is 0.692. The van der Waals surface area contributed by atoms with Crippen LogP contribution in [-0.4, -0.2) is 29.3 Å². The van der Waals surface area contributed by atoms with Gasteiger partial charge < -0.3 is 15.3 Å². The van der Waals surface area contributed by atoms with Crippen LogP contribution in [0.3, 0.4) is 0 Å². The Hall–Kier alpha value is -2.99. The topological polar surface area (TPSA) is 68.5 Å². The van der Waals surface area contributed by atoms with E-state index < -0.39 is 6.04 Å². The minimum atomic E-state index is -0.398. The molecule has 0 amide bonds. The lowest BCUT2D eigenvalue weighted by atomic mass is 9.97. The highest BCUT2D eigenvalue weighted by Crippen LogP contribution is 2.42. The highest BCUT2D eigenvalue weighted by molar-refractivity contribution is 6.02. The summed E-state index contributed by atoms with van der Waals surface area (Å²) >= 11 is 0. The summed E-state index contributed by atoms with van der Waals surface area (Å²) in [4.78, 5) is 18.7. The number of pyridine rings is 1. The number of aromatic nitrogens is 1. The van der Waals surface area contributed by atoms with Crippen molar-refractivity contribution in [1.82, 2.24) is 9.88 Å². The van der Waals surface area contributed by atoms with Crippen LogP contribution in [-0.2, 0) is 11.3 Å². The van der Waals surface area contributed by atoms with Gasteiger partial charge in [0.2, 0.25) is 0 Å². The molecule has 0 saturated carbocycles. The molecule has 6 heteroatoms. The third-order valence-corrected chi connectivity index (χ3v) is 5.37. The van der Waals surface area contributed by atoms with Crippen molar-refractivity contribution in [1.29, 1.82) is 0 Å². The van der Waals surface area contributed by atoms with E-state index in [1.54, 1.807) is 6.07 Å². The van der Waals surface area contributed by atoms with E-state index in [1.165, 1.54) is 19.2 Å². The number of para-hydroxylation sites is 1. The number of carbonyl (C=O) groups is 1. The molecular formula is C22H22FN3O2. The van der Waals surface area contributed by atoms with E-state index in [0.29, 0.717) is 29.1 Å². The lowest BCUT2D eigenvalue weighted by Crippen LogP contribution is -2.30. The number of benzene rings is 2. The number of ether oxygens (including phenoxy) is 1. The monoisotopic (exact) mass is 379 g/mol. The predicted molar refractivity (Wildman–Crippen MR) is 108 cm³/mol. The molecule has 5 nitrogen and oxygen atoms in total. The summed E-state index contributed by atoms with van der Waals surface area (Å²) in [7, 11) is 1.50. The zero-order chi connectivity index (χ0) is 20.0.